The number of nitrogens with zero attached hydrogens (tertiary/aromatic N) is 3. The molecular formula is C14H18N4. The van der Waals surface area contributed by atoms with Gasteiger partial charge in [-0.2, -0.15) is 0 Å². The maximum absolute atomic E-state index is 4.30. The van der Waals surface area contributed by atoms with Crippen molar-refractivity contribution in [2.24, 2.45) is 0 Å². The van der Waals surface area contributed by atoms with Gasteiger partial charge in [0.15, 0.2) is 0 Å². The smallest absolute Gasteiger partial charge is 0.138 e. The Kier molecular flexibility index (Phi) is 4.12. The molecule has 0 bridgehead atoms. The fraction of sp³-hybridized carbons (Fsp3) is 0.286. The summed E-state index contributed by atoms with van der Waals surface area (Å²) in [6.45, 7) is 3.05. The van der Waals surface area contributed by atoms with Crippen LogP contribution in [-0.2, 0) is 0 Å². The second-order valence-electron chi connectivity index (χ2n) is 4.08. The molecule has 0 unspecified atom stereocenters. The molecule has 1 aromatic carbocycles. The molecule has 18 heavy (non-hydrogen) atoms. The molecule has 1 aromatic heterocycles. The molecule has 1 N–H and O–H groups in total. The fourth-order valence-electron chi connectivity index (χ4n) is 1.66. The standard InChI is InChI=1S/C14H18N4/c1-3-9-15-13-10-14(17-11-16-13)18(2)12-7-5-4-6-8-12/h4-8,10-11H,3,9H2,1-2H3,(H,15,16,17). The van der Waals surface area contributed by atoms with Crippen LogP contribution in [0.2, 0.25) is 0 Å². The third-order valence-electron chi connectivity index (χ3n) is 2.70. The van der Waals surface area contributed by atoms with Crippen molar-refractivity contribution in [1.82, 2.24) is 9.97 Å². The Balaban J connectivity index is 2.17. The quantitative estimate of drug-likeness (QED) is 0.874. The molecule has 94 valence electrons. The number of aromatic nitrogens is 2. The molecule has 4 nitrogen and oxygen atoms in total. The lowest BCUT2D eigenvalue weighted by molar-refractivity contribution is 0.962. The van der Waals surface area contributed by atoms with Gasteiger partial charge in [0, 0.05) is 25.3 Å². The van der Waals surface area contributed by atoms with E-state index in [9.17, 15) is 0 Å². The van der Waals surface area contributed by atoms with Gasteiger partial charge in [0.25, 0.3) is 0 Å². The Morgan fingerprint density at radius 1 is 1.17 bits per heavy atom. The molecule has 2 aromatic rings. The van der Waals surface area contributed by atoms with E-state index in [2.05, 4.69) is 34.3 Å². The maximum Gasteiger partial charge on any atom is 0.138 e. The Hall–Kier alpha value is -2.10. The zero-order valence-electron chi connectivity index (χ0n) is 10.8. The van der Waals surface area contributed by atoms with Gasteiger partial charge in [-0.25, -0.2) is 9.97 Å². The highest BCUT2D eigenvalue weighted by Gasteiger charge is 2.05. The highest BCUT2D eigenvalue weighted by Crippen LogP contribution is 2.21. The average molecular weight is 242 g/mol. The van der Waals surface area contributed by atoms with Crippen LogP contribution in [0.4, 0.5) is 17.3 Å². The van der Waals surface area contributed by atoms with Crippen LogP contribution in [0.15, 0.2) is 42.7 Å². The Labute approximate surface area is 108 Å². The minimum Gasteiger partial charge on any atom is -0.370 e. The number of anilines is 3. The zero-order valence-corrected chi connectivity index (χ0v) is 10.8. The predicted molar refractivity (Wildman–Crippen MR) is 75.3 cm³/mol. The molecule has 0 aliphatic heterocycles. The summed E-state index contributed by atoms with van der Waals surface area (Å²) in [6, 6.07) is 12.1. The van der Waals surface area contributed by atoms with E-state index in [0.717, 1.165) is 30.3 Å². The van der Waals surface area contributed by atoms with Gasteiger partial charge in [-0.3, -0.25) is 0 Å². The van der Waals surface area contributed by atoms with E-state index in [1.807, 2.05) is 36.2 Å². The van der Waals surface area contributed by atoms with Gasteiger partial charge in [0.1, 0.15) is 18.0 Å². The van der Waals surface area contributed by atoms with E-state index >= 15 is 0 Å². The Bertz CT molecular complexity index is 484. The van der Waals surface area contributed by atoms with Crippen molar-refractivity contribution in [1.29, 1.82) is 0 Å². The van der Waals surface area contributed by atoms with Crippen LogP contribution in [-0.4, -0.2) is 23.6 Å². The molecule has 0 spiro atoms. The van der Waals surface area contributed by atoms with Gasteiger partial charge < -0.3 is 10.2 Å². The summed E-state index contributed by atoms with van der Waals surface area (Å²) in [7, 11) is 2.00. The minimum atomic E-state index is 0.865. The third-order valence-corrected chi connectivity index (χ3v) is 2.70. The molecule has 1 heterocycles. The molecule has 2 rings (SSSR count). The lowest BCUT2D eigenvalue weighted by Crippen LogP contribution is -2.12. The lowest BCUT2D eigenvalue weighted by atomic mass is 10.3. The summed E-state index contributed by atoms with van der Waals surface area (Å²) in [5.41, 5.74) is 1.11. The van der Waals surface area contributed by atoms with Crippen LogP contribution in [0.25, 0.3) is 0 Å². The normalized spacial score (nSPS) is 10.1. The van der Waals surface area contributed by atoms with Crippen molar-refractivity contribution in [3.05, 3.63) is 42.7 Å². The van der Waals surface area contributed by atoms with Crippen molar-refractivity contribution in [3.63, 3.8) is 0 Å². The largest absolute Gasteiger partial charge is 0.370 e. The lowest BCUT2D eigenvalue weighted by Gasteiger charge is -2.18. The van der Waals surface area contributed by atoms with Crippen molar-refractivity contribution in [3.8, 4) is 0 Å². The summed E-state index contributed by atoms with van der Waals surface area (Å²) in [5, 5.41) is 3.26. The zero-order chi connectivity index (χ0) is 12.8. The van der Waals surface area contributed by atoms with Crippen LogP contribution < -0.4 is 10.2 Å². The molecule has 0 atom stereocenters. The molecular weight excluding hydrogens is 224 g/mol. The second-order valence-corrected chi connectivity index (χ2v) is 4.08. The highest BCUT2D eigenvalue weighted by atomic mass is 15.2. The first kappa shape index (κ1) is 12.4. The third kappa shape index (κ3) is 2.97. The molecule has 0 aliphatic rings. The number of para-hydroxylation sites is 1. The molecule has 0 aliphatic carbocycles. The van der Waals surface area contributed by atoms with Gasteiger partial charge in [-0.15, -0.1) is 0 Å². The van der Waals surface area contributed by atoms with Gasteiger partial charge in [-0.05, 0) is 18.6 Å². The number of benzene rings is 1. The van der Waals surface area contributed by atoms with Crippen LogP contribution in [0.3, 0.4) is 0 Å². The Morgan fingerprint density at radius 3 is 2.67 bits per heavy atom. The number of hydrogen-bond donors (Lipinski definition) is 1. The van der Waals surface area contributed by atoms with Crippen molar-refractivity contribution < 1.29 is 0 Å². The van der Waals surface area contributed by atoms with Crippen LogP contribution in [0.1, 0.15) is 13.3 Å². The SMILES string of the molecule is CCCNc1cc(N(C)c2ccccc2)ncn1. The van der Waals surface area contributed by atoms with Crippen LogP contribution in [0.5, 0.6) is 0 Å². The monoisotopic (exact) mass is 242 g/mol. The van der Waals surface area contributed by atoms with Gasteiger partial charge in [0.2, 0.25) is 0 Å². The van der Waals surface area contributed by atoms with E-state index in [1.165, 1.54) is 0 Å². The summed E-state index contributed by atoms with van der Waals surface area (Å²) in [5.74, 6) is 1.75. The molecule has 0 saturated heterocycles. The van der Waals surface area contributed by atoms with E-state index in [1.54, 1.807) is 6.33 Å². The summed E-state index contributed by atoms with van der Waals surface area (Å²) >= 11 is 0. The van der Waals surface area contributed by atoms with E-state index in [0.29, 0.717) is 0 Å². The number of hydrogen-bond acceptors (Lipinski definition) is 4. The van der Waals surface area contributed by atoms with E-state index in [4.69, 9.17) is 0 Å². The first-order chi connectivity index (χ1) is 8.81. The topological polar surface area (TPSA) is 41.0 Å². The van der Waals surface area contributed by atoms with Crippen molar-refractivity contribution in [2.45, 2.75) is 13.3 Å². The summed E-state index contributed by atoms with van der Waals surface area (Å²) in [6.07, 6.45) is 2.67. The minimum absolute atomic E-state index is 0.865. The highest BCUT2D eigenvalue weighted by molar-refractivity contribution is 5.61. The van der Waals surface area contributed by atoms with Crippen molar-refractivity contribution >= 4 is 17.3 Å². The summed E-state index contributed by atoms with van der Waals surface area (Å²) < 4.78 is 0. The average Bonchev–Trinajstić information content (AvgIpc) is 2.45. The summed E-state index contributed by atoms with van der Waals surface area (Å²) in [4.78, 5) is 10.5. The number of nitrogens with one attached hydrogen (secondary N) is 1. The van der Waals surface area contributed by atoms with Gasteiger partial charge in [-0.1, -0.05) is 25.1 Å². The van der Waals surface area contributed by atoms with E-state index < -0.39 is 0 Å². The molecule has 0 saturated carbocycles. The number of rotatable bonds is 5. The molecule has 0 radical (unpaired) electrons. The maximum atomic E-state index is 4.30. The molecule has 4 heteroatoms. The second kappa shape index (κ2) is 6.00. The first-order valence-corrected chi connectivity index (χ1v) is 6.16. The molecule has 0 amide bonds. The fourth-order valence-corrected chi connectivity index (χ4v) is 1.66. The van der Waals surface area contributed by atoms with Crippen molar-refractivity contribution in [2.75, 3.05) is 23.8 Å². The van der Waals surface area contributed by atoms with Gasteiger partial charge in [0.05, 0.1) is 0 Å². The first-order valence-electron chi connectivity index (χ1n) is 6.16. The van der Waals surface area contributed by atoms with Gasteiger partial charge >= 0.3 is 0 Å². The van der Waals surface area contributed by atoms with Crippen LogP contribution >= 0.6 is 0 Å². The van der Waals surface area contributed by atoms with E-state index in [-0.39, 0.29) is 0 Å². The Morgan fingerprint density at radius 2 is 1.94 bits per heavy atom. The molecule has 0 fully saturated rings. The predicted octanol–water partition coefficient (Wildman–Crippen LogP) is 3.07. The van der Waals surface area contributed by atoms with Crippen LogP contribution in [0, 0.1) is 0 Å².